The molecule has 0 spiro atoms. The van der Waals surface area contributed by atoms with E-state index in [-0.39, 0.29) is 17.0 Å². The summed E-state index contributed by atoms with van der Waals surface area (Å²) in [6.45, 7) is 0.481. The molecular weight excluding hydrogens is 373 g/mol. The van der Waals surface area contributed by atoms with Gasteiger partial charge in [-0.15, -0.1) is 0 Å². The molecule has 0 saturated carbocycles. The van der Waals surface area contributed by atoms with Crippen LogP contribution in [0.15, 0.2) is 70.4 Å². The summed E-state index contributed by atoms with van der Waals surface area (Å²) < 4.78 is 40.0. The van der Waals surface area contributed by atoms with Crippen molar-refractivity contribution in [3.8, 4) is 0 Å². The minimum absolute atomic E-state index is 0.0534. The van der Waals surface area contributed by atoms with Gasteiger partial charge in [-0.05, 0) is 18.2 Å². The fourth-order valence-corrected chi connectivity index (χ4v) is 2.95. The Morgan fingerprint density at radius 3 is 2.86 bits per heavy atom. The maximum atomic E-state index is 13.3. The van der Waals surface area contributed by atoms with Gasteiger partial charge in [-0.2, -0.15) is 18.3 Å². The van der Waals surface area contributed by atoms with Crippen LogP contribution in [-0.4, -0.2) is 35.6 Å². The van der Waals surface area contributed by atoms with Crippen molar-refractivity contribution in [1.29, 1.82) is 0 Å². The Bertz CT molecular complexity index is 960. The highest BCUT2D eigenvalue weighted by atomic mass is 19.4. The number of carbonyl (C=O) groups excluding carboxylic acids is 1. The van der Waals surface area contributed by atoms with E-state index in [9.17, 15) is 18.0 Å². The molecule has 0 aliphatic carbocycles. The SMILES string of the molecule is O=C(NC1=CN=CCN1)C1=CNC2C=CC(c3ccccc3C(F)(F)F)=NN12. The van der Waals surface area contributed by atoms with Gasteiger partial charge in [-0.25, -0.2) is 5.01 Å². The third-order valence-electron chi connectivity index (χ3n) is 4.24. The van der Waals surface area contributed by atoms with Crippen LogP contribution in [0.3, 0.4) is 0 Å². The monoisotopic (exact) mass is 388 g/mol. The summed E-state index contributed by atoms with van der Waals surface area (Å²) in [6.07, 6.45) is 2.77. The van der Waals surface area contributed by atoms with Crippen molar-refractivity contribution in [3.63, 3.8) is 0 Å². The summed E-state index contributed by atoms with van der Waals surface area (Å²) in [5.41, 5.74) is -0.546. The van der Waals surface area contributed by atoms with Crippen LogP contribution >= 0.6 is 0 Å². The number of amides is 1. The smallest absolute Gasteiger partial charge is 0.365 e. The molecule has 1 atom stereocenters. The number of nitrogens with one attached hydrogen (secondary N) is 3. The number of aliphatic imine (C=N–C) groups is 1. The van der Waals surface area contributed by atoms with Gasteiger partial charge < -0.3 is 16.0 Å². The third-order valence-corrected chi connectivity index (χ3v) is 4.24. The molecule has 144 valence electrons. The first kappa shape index (κ1) is 17.8. The highest BCUT2D eigenvalue weighted by molar-refractivity contribution is 6.10. The van der Waals surface area contributed by atoms with E-state index in [4.69, 9.17) is 0 Å². The Morgan fingerprint density at radius 2 is 2.11 bits per heavy atom. The lowest BCUT2D eigenvalue weighted by atomic mass is 10.0. The van der Waals surface area contributed by atoms with Gasteiger partial charge in [0.15, 0.2) is 0 Å². The van der Waals surface area contributed by atoms with E-state index >= 15 is 0 Å². The van der Waals surface area contributed by atoms with Crippen LogP contribution in [0.5, 0.6) is 0 Å². The van der Waals surface area contributed by atoms with Crippen molar-refractivity contribution in [3.05, 3.63) is 71.5 Å². The fourth-order valence-electron chi connectivity index (χ4n) is 2.95. The number of benzene rings is 1. The zero-order valence-electron chi connectivity index (χ0n) is 14.4. The second-order valence-corrected chi connectivity index (χ2v) is 6.08. The minimum atomic E-state index is -4.51. The van der Waals surface area contributed by atoms with Crippen molar-refractivity contribution < 1.29 is 18.0 Å². The van der Waals surface area contributed by atoms with Gasteiger partial charge in [-0.1, -0.05) is 18.2 Å². The number of rotatable bonds is 3. The summed E-state index contributed by atoms with van der Waals surface area (Å²) >= 11 is 0. The molecule has 1 aromatic carbocycles. The first-order valence-electron chi connectivity index (χ1n) is 8.39. The van der Waals surface area contributed by atoms with Crippen LogP contribution in [-0.2, 0) is 11.0 Å². The normalized spacial score (nSPS) is 20.5. The van der Waals surface area contributed by atoms with Crippen molar-refractivity contribution >= 4 is 17.8 Å². The van der Waals surface area contributed by atoms with Gasteiger partial charge in [0.2, 0.25) is 0 Å². The van der Waals surface area contributed by atoms with Gasteiger partial charge in [0.05, 0.1) is 24.0 Å². The lowest BCUT2D eigenvalue weighted by Gasteiger charge is -2.26. The Morgan fingerprint density at radius 1 is 1.29 bits per heavy atom. The Kier molecular flexibility index (Phi) is 4.38. The summed E-state index contributed by atoms with van der Waals surface area (Å²) in [5, 5.41) is 14.2. The highest BCUT2D eigenvalue weighted by Gasteiger charge is 2.36. The number of carbonyl (C=O) groups is 1. The maximum absolute atomic E-state index is 13.3. The molecule has 1 aromatic rings. The lowest BCUT2D eigenvalue weighted by Crippen LogP contribution is -2.40. The fraction of sp³-hybridized carbons (Fsp3) is 0.167. The summed E-state index contributed by atoms with van der Waals surface area (Å²) in [5.74, 6) is -0.0376. The van der Waals surface area contributed by atoms with Crippen LogP contribution in [0.25, 0.3) is 0 Å². The molecule has 3 aliphatic rings. The zero-order chi connectivity index (χ0) is 19.7. The number of fused-ring (bicyclic) bond motifs is 1. The molecule has 4 rings (SSSR count). The molecule has 1 amide bonds. The molecule has 0 saturated heterocycles. The van der Waals surface area contributed by atoms with E-state index < -0.39 is 23.8 Å². The molecule has 3 N–H and O–H groups in total. The van der Waals surface area contributed by atoms with E-state index in [1.807, 2.05) is 0 Å². The first-order valence-corrected chi connectivity index (χ1v) is 8.39. The number of allylic oxidation sites excluding steroid dienone is 1. The molecule has 1 unspecified atom stereocenters. The van der Waals surface area contributed by atoms with Crippen LogP contribution in [0.1, 0.15) is 11.1 Å². The van der Waals surface area contributed by atoms with E-state index in [1.54, 1.807) is 12.3 Å². The van der Waals surface area contributed by atoms with E-state index in [0.29, 0.717) is 12.4 Å². The van der Waals surface area contributed by atoms with Gasteiger partial charge in [-0.3, -0.25) is 9.79 Å². The molecule has 28 heavy (non-hydrogen) atoms. The van der Waals surface area contributed by atoms with E-state index in [0.717, 1.165) is 6.07 Å². The van der Waals surface area contributed by atoms with Crippen LogP contribution < -0.4 is 16.0 Å². The van der Waals surface area contributed by atoms with Crippen molar-refractivity contribution in [2.45, 2.75) is 12.3 Å². The topological polar surface area (TPSA) is 81.1 Å². The molecule has 0 fully saturated rings. The van der Waals surface area contributed by atoms with Crippen LogP contribution in [0.2, 0.25) is 0 Å². The zero-order valence-corrected chi connectivity index (χ0v) is 14.4. The number of hydrazone groups is 1. The number of hydrogen-bond donors (Lipinski definition) is 3. The molecule has 10 heteroatoms. The van der Waals surface area contributed by atoms with Gasteiger partial charge >= 0.3 is 6.18 Å². The highest BCUT2D eigenvalue weighted by Crippen LogP contribution is 2.33. The average molecular weight is 388 g/mol. The van der Waals surface area contributed by atoms with Crippen molar-refractivity contribution in [2.75, 3.05) is 6.54 Å². The number of nitrogens with zero attached hydrogens (tertiary/aromatic N) is 3. The summed E-state index contributed by atoms with van der Waals surface area (Å²) in [6, 6.07) is 5.20. The van der Waals surface area contributed by atoms with Crippen molar-refractivity contribution in [2.24, 2.45) is 10.1 Å². The average Bonchev–Trinajstić information content (AvgIpc) is 3.11. The first-order chi connectivity index (χ1) is 13.4. The van der Waals surface area contributed by atoms with E-state index in [2.05, 4.69) is 26.0 Å². The molecular formula is C18H15F3N6O. The second-order valence-electron chi connectivity index (χ2n) is 6.08. The third kappa shape index (κ3) is 3.36. The van der Waals surface area contributed by atoms with Gasteiger partial charge in [0.25, 0.3) is 5.91 Å². The number of halogens is 3. The number of alkyl halides is 3. The molecule has 0 aromatic heterocycles. The van der Waals surface area contributed by atoms with E-state index in [1.165, 1.54) is 41.7 Å². The standard InChI is InChI=1S/C18H15F3N6O/c19-18(20,21)12-4-2-1-3-11(12)13-5-6-16-24-9-14(27(16)26-13)17(28)25-15-10-22-7-8-23-15/h1-7,9-10,16,23-24H,8H2,(H,25,28). The van der Waals surface area contributed by atoms with Crippen LogP contribution in [0.4, 0.5) is 13.2 Å². The molecule has 0 bridgehead atoms. The number of hydrogen-bond acceptors (Lipinski definition) is 6. The van der Waals surface area contributed by atoms with Gasteiger partial charge in [0, 0.05) is 18.0 Å². The predicted molar refractivity (Wildman–Crippen MR) is 96.7 cm³/mol. The molecule has 7 nitrogen and oxygen atoms in total. The molecule has 3 aliphatic heterocycles. The quantitative estimate of drug-likeness (QED) is 0.736. The molecule has 0 radical (unpaired) electrons. The molecule has 3 heterocycles. The minimum Gasteiger partial charge on any atom is -0.365 e. The Labute approximate surface area is 158 Å². The summed E-state index contributed by atoms with van der Waals surface area (Å²) in [7, 11) is 0. The van der Waals surface area contributed by atoms with Gasteiger partial charge in [0.1, 0.15) is 17.7 Å². The Hall–Kier alpha value is -3.56. The summed E-state index contributed by atoms with van der Waals surface area (Å²) in [4.78, 5) is 16.5. The lowest BCUT2D eigenvalue weighted by molar-refractivity contribution is -0.137. The maximum Gasteiger partial charge on any atom is 0.417 e. The van der Waals surface area contributed by atoms with Crippen LogP contribution in [0, 0.1) is 0 Å². The predicted octanol–water partition coefficient (Wildman–Crippen LogP) is 1.64. The largest absolute Gasteiger partial charge is 0.417 e. The van der Waals surface area contributed by atoms with Crippen molar-refractivity contribution in [1.82, 2.24) is 21.0 Å². The Balaban J connectivity index is 1.61. The second kappa shape index (κ2) is 6.87.